The number of amides is 1. The van der Waals surface area contributed by atoms with E-state index in [9.17, 15) is 9.59 Å². The highest BCUT2D eigenvalue weighted by Gasteiger charge is 2.12. The number of rotatable bonds is 5. The quantitative estimate of drug-likeness (QED) is 0.630. The molecular formula is C12H15NO5. The highest BCUT2D eigenvalue weighted by molar-refractivity contribution is 6.02. The Morgan fingerprint density at radius 3 is 2.44 bits per heavy atom. The summed E-state index contributed by atoms with van der Waals surface area (Å²) >= 11 is 0. The number of esters is 1. The molecule has 0 aliphatic carbocycles. The summed E-state index contributed by atoms with van der Waals surface area (Å²) < 4.78 is 14.5. The first-order chi connectivity index (χ1) is 8.60. The first-order valence-corrected chi connectivity index (χ1v) is 5.19. The molecule has 0 bridgehead atoms. The average molecular weight is 253 g/mol. The van der Waals surface area contributed by atoms with Crippen LogP contribution in [0.25, 0.3) is 0 Å². The lowest BCUT2D eigenvalue weighted by Gasteiger charge is -2.11. The van der Waals surface area contributed by atoms with Crippen molar-refractivity contribution in [1.29, 1.82) is 0 Å². The molecule has 1 rings (SSSR count). The molecule has 6 nitrogen and oxygen atoms in total. The number of nitrogens with one attached hydrogen (secondary N) is 1. The van der Waals surface area contributed by atoms with Crippen LogP contribution in [-0.2, 0) is 14.3 Å². The lowest BCUT2D eigenvalue weighted by Crippen LogP contribution is -2.17. The number of benzene rings is 1. The van der Waals surface area contributed by atoms with E-state index in [4.69, 9.17) is 9.47 Å². The molecule has 1 N–H and O–H groups in total. The molecule has 0 heterocycles. The maximum Gasteiger partial charge on any atom is 0.315 e. The maximum atomic E-state index is 11.5. The van der Waals surface area contributed by atoms with E-state index in [1.54, 1.807) is 18.2 Å². The number of ether oxygens (including phenoxy) is 3. The van der Waals surface area contributed by atoms with Crippen molar-refractivity contribution in [1.82, 2.24) is 0 Å². The predicted octanol–water partition coefficient (Wildman–Crippen LogP) is 1.21. The summed E-state index contributed by atoms with van der Waals surface area (Å²) in [5.74, 6) is -0.0269. The summed E-state index contributed by atoms with van der Waals surface area (Å²) in [5.41, 5.74) is 0.436. The van der Waals surface area contributed by atoms with Gasteiger partial charge in [0.2, 0.25) is 5.91 Å². The van der Waals surface area contributed by atoms with Crippen LogP contribution >= 0.6 is 0 Å². The molecule has 6 heteroatoms. The zero-order valence-electron chi connectivity index (χ0n) is 10.5. The average Bonchev–Trinajstić information content (AvgIpc) is 2.38. The molecule has 0 spiro atoms. The number of carbonyl (C=O) groups is 2. The first kappa shape index (κ1) is 13.8. The smallest absolute Gasteiger partial charge is 0.315 e. The Morgan fingerprint density at radius 1 is 1.17 bits per heavy atom. The zero-order valence-corrected chi connectivity index (χ0v) is 10.5. The van der Waals surface area contributed by atoms with E-state index in [1.807, 2.05) is 0 Å². The molecule has 0 radical (unpaired) electrons. The van der Waals surface area contributed by atoms with Gasteiger partial charge in [0.25, 0.3) is 0 Å². The molecule has 1 aromatic rings. The molecule has 0 fully saturated rings. The Kier molecular flexibility index (Phi) is 4.98. The van der Waals surface area contributed by atoms with Crippen LogP contribution in [-0.4, -0.2) is 33.2 Å². The molecule has 0 saturated carbocycles. The normalized spacial score (nSPS) is 9.50. The van der Waals surface area contributed by atoms with Gasteiger partial charge in [0.05, 0.1) is 27.0 Å². The van der Waals surface area contributed by atoms with Crippen LogP contribution in [0.2, 0.25) is 0 Å². The van der Waals surface area contributed by atoms with E-state index >= 15 is 0 Å². The Bertz CT molecular complexity index is 444. The second-order valence-electron chi connectivity index (χ2n) is 3.37. The highest BCUT2D eigenvalue weighted by atomic mass is 16.5. The van der Waals surface area contributed by atoms with E-state index in [0.29, 0.717) is 17.2 Å². The van der Waals surface area contributed by atoms with Crippen molar-refractivity contribution >= 4 is 17.6 Å². The fourth-order valence-corrected chi connectivity index (χ4v) is 1.31. The summed E-state index contributed by atoms with van der Waals surface area (Å²) in [6.07, 6.45) is -0.350. The third kappa shape index (κ3) is 3.65. The van der Waals surface area contributed by atoms with Gasteiger partial charge in [-0.3, -0.25) is 9.59 Å². The largest absolute Gasteiger partial charge is 0.497 e. The fraction of sp³-hybridized carbons (Fsp3) is 0.333. The van der Waals surface area contributed by atoms with E-state index < -0.39 is 11.9 Å². The summed E-state index contributed by atoms with van der Waals surface area (Å²) in [4.78, 5) is 22.5. The van der Waals surface area contributed by atoms with Gasteiger partial charge in [-0.15, -0.1) is 0 Å². The number of anilines is 1. The lowest BCUT2D eigenvalue weighted by molar-refractivity contribution is -0.142. The van der Waals surface area contributed by atoms with Gasteiger partial charge in [-0.2, -0.15) is 0 Å². The SMILES string of the molecule is COC(=O)CC(=O)Nc1cc(OC)ccc1OC. The number of hydrogen-bond acceptors (Lipinski definition) is 5. The fourth-order valence-electron chi connectivity index (χ4n) is 1.31. The van der Waals surface area contributed by atoms with Crippen molar-refractivity contribution in [3.63, 3.8) is 0 Å². The first-order valence-electron chi connectivity index (χ1n) is 5.19. The molecule has 18 heavy (non-hydrogen) atoms. The standard InChI is InChI=1S/C12H15NO5/c1-16-8-4-5-10(17-2)9(6-8)13-11(14)7-12(15)18-3/h4-6H,7H2,1-3H3,(H,13,14). The molecular weight excluding hydrogens is 238 g/mol. The summed E-state index contributed by atoms with van der Waals surface area (Å²) in [6, 6.07) is 4.97. The molecule has 0 unspecified atom stereocenters. The van der Waals surface area contributed by atoms with Crippen molar-refractivity contribution in [2.45, 2.75) is 6.42 Å². The second-order valence-corrected chi connectivity index (χ2v) is 3.37. The molecule has 0 atom stereocenters. The van der Waals surface area contributed by atoms with Crippen LogP contribution in [0.15, 0.2) is 18.2 Å². The summed E-state index contributed by atoms with van der Waals surface area (Å²) in [6.45, 7) is 0. The Hall–Kier alpha value is -2.24. The van der Waals surface area contributed by atoms with Crippen molar-refractivity contribution in [2.24, 2.45) is 0 Å². The molecule has 0 aliphatic rings. The zero-order chi connectivity index (χ0) is 13.5. The Morgan fingerprint density at radius 2 is 1.89 bits per heavy atom. The second kappa shape index (κ2) is 6.48. The van der Waals surface area contributed by atoms with Crippen LogP contribution < -0.4 is 14.8 Å². The third-order valence-corrected chi connectivity index (χ3v) is 2.21. The van der Waals surface area contributed by atoms with Gasteiger partial charge in [-0.25, -0.2) is 0 Å². The summed E-state index contributed by atoms with van der Waals surface area (Å²) in [7, 11) is 4.22. The number of carbonyl (C=O) groups excluding carboxylic acids is 2. The monoisotopic (exact) mass is 253 g/mol. The molecule has 1 aromatic carbocycles. The van der Waals surface area contributed by atoms with Crippen molar-refractivity contribution in [2.75, 3.05) is 26.6 Å². The Labute approximate surface area is 105 Å². The van der Waals surface area contributed by atoms with Crippen molar-refractivity contribution in [3.05, 3.63) is 18.2 Å². The molecule has 0 aliphatic heterocycles. The van der Waals surface area contributed by atoms with E-state index in [-0.39, 0.29) is 6.42 Å². The predicted molar refractivity (Wildman–Crippen MR) is 64.8 cm³/mol. The van der Waals surface area contributed by atoms with Crippen LogP contribution in [0.1, 0.15) is 6.42 Å². The van der Waals surface area contributed by atoms with Gasteiger partial charge in [-0.1, -0.05) is 0 Å². The van der Waals surface area contributed by atoms with Crippen LogP contribution in [0, 0.1) is 0 Å². The van der Waals surface area contributed by atoms with Gasteiger partial charge in [0.1, 0.15) is 17.9 Å². The highest BCUT2D eigenvalue weighted by Crippen LogP contribution is 2.28. The molecule has 0 aromatic heterocycles. The van der Waals surface area contributed by atoms with Crippen molar-refractivity contribution in [3.8, 4) is 11.5 Å². The molecule has 0 saturated heterocycles. The van der Waals surface area contributed by atoms with Crippen LogP contribution in [0.4, 0.5) is 5.69 Å². The van der Waals surface area contributed by atoms with Crippen molar-refractivity contribution < 1.29 is 23.8 Å². The molecule has 98 valence electrons. The minimum Gasteiger partial charge on any atom is -0.497 e. The lowest BCUT2D eigenvalue weighted by atomic mass is 10.2. The third-order valence-electron chi connectivity index (χ3n) is 2.21. The van der Waals surface area contributed by atoms with Gasteiger partial charge in [0.15, 0.2) is 0 Å². The van der Waals surface area contributed by atoms with Gasteiger partial charge >= 0.3 is 5.97 Å². The maximum absolute atomic E-state index is 11.5. The topological polar surface area (TPSA) is 73.9 Å². The van der Waals surface area contributed by atoms with Crippen LogP contribution in [0.3, 0.4) is 0 Å². The van der Waals surface area contributed by atoms with Gasteiger partial charge in [-0.05, 0) is 12.1 Å². The van der Waals surface area contributed by atoms with E-state index in [1.165, 1.54) is 21.3 Å². The number of hydrogen-bond donors (Lipinski definition) is 1. The van der Waals surface area contributed by atoms with Gasteiger partial charge in [0, 0.05) is 6.07 Å². The van der Waals surface area contributed by atoms with Gasteiger partial charge < -0.3 is 19.5 Å². The van der Waals surface area contributed by atoms with E-state index in [2.05, 4.69) is 10.1 Å². The number of methoxy groups -OCH3 is 3. The minimum atomic E-state index is -0.602. The van der Waals surface area contributed by atoms with E-state index in [0.717, 1.165) is 0 Å². The van der Waals surface area contributed by atoms with Crippen LogP contribution in [0.5, 0.6) is 11.5 Å². The Balaban J connectivity index is 2.81. The minimum absolute atomic E-state index is 0.350. The summed E-state index contributed by atoms with van der Waals surface area (Å²) in [5, 5.41) is 2.56. The molecule has 1 amide bonds.